The lowest BCUT2D eigenvalue weighted by Crippen LogP contribution is -2.24. The van der Waals surface area contributed by atoms with Gasteiger partial charge in [0.15, 0.2) is 5.75 Å². The molecule has 0 bridgehead atoms. The first kappa shape index (κ1) is 29.0. The minimum absolute atomic E-state index is 0.0642. The second-order valence-corrected chi connectivity index (χ2v) is 10.7. The molecule has 5 rings (SSSR count). The van der Waals surface area contributed by atoms with Crippen LogP contribution in [0.15, 0.2) is 79.1 Å². The van der Waals surface area contributed by atoms with Crippen molar-refractivity contribution in [1.29, 1.82) is 0 Å². The molecule has 0 unspecified atom stereocenters. The van der Waals surface area contributed by atoms with Gasteiger partial charge in [0.25, 0.3) is 0 Å². The average molecular weight is 581 g/mol. The number of carbonyl (C=O) groups excluding carboxylic acids is 2. The number of hydrogen-bond donors (Lipinski definition) is 5. The van der Waals surface area contributed by atoms with Gasteiger partial charge >= 0.3 is 12.1 Å². The molecule has 0 aliphatic heterocycles. The second kappa shape index (κ2) is 12.2. The van der Waals surface area contributed by atoms with Crippen molar-refractivity contribution in [2.75, 3.05) is 23.0 Å². The van der Waals surface area contributed by atoms with Crippen molar-refractivity contribution in [3.8, 4) is 17.2 Å². The Labute approximate surface area is 248 Å². The van der Waals surface area contributed by atoms with E-state index in [9.17, 15) is 14.7 Å². The van der Waals surface area contributed by atoms with Gasteiger partial charge in [0.05, 0.1) is 23.7 Å². The number of hydrogen-bond acceptors (Lipinski definition) is 7. The first-order valence-corrected chi connectivity index (χ1v) is 13.5. The Morgan fingerprint density at radius 2 is 1.70 bits per heavy atom. The minimum atomic E-state index is -0.466. The number of anilines is 3. The summed E-state index contributed by atoms with van der Waals surface area (Å²) in [5.41, 5.74) is 3.12. The van der Waals surface area contributed by atoms with Gasteiger partial charge < -0.3 is 20.5 Å². The number of carbonyl (C=O) groups is 2. The number of ether oxygens (including phenoxy) is 1. The predicted molar refractivity (Wildman–Crippen MR) is 165 cm³/mol. The van der Waals surface area contributed by atoms with E-state index in [1.807, 2.05) is 57.2 Å². The fourth-order valence-corrected chi connectivity index (χ4v) is 4.23. The number of pyridine rings is 2. The molecule has 12 nitrogen and oxygen atoms in total. The third-order valence-corrected chi connectivity index (χ3v) is 6.49. The second-order valence-electron chi connectivity index (χ2n) is 10.7. The van der Waals surface area contributed by atoms with Crippen molar-refractivity contribution < 1.29 is 19.4 Å². The van der Waals surface area contributed by atoms with Crippen LogP contribution in [0.5, 0.6) is 11.5 Å². The van der Waals surface area contributed by atoms with E-state index in [1.165, 1.54) is 13.2 Å². The van der Waals surface area contributed by atoms with Crippen LogP contribution in [-0.2, 0) is 12.0 Å². The SMILES string of the molecule is CNC(=O)Nc1cc(Oc2ccc(NC(=O)Nc3cc(C(C)(C)C)nn3-c3ccc(CO)cc3)c3cccnc23)ccn1. The third kappa shape index (κ3) is 6.71. The van der Waals surface area contributed by atoms with Crippen molar-refractivity contribution >= 4 is 40.3 Å². The highest BCUT2D eigenvalue weighted by Gasteiger charge is 2.22. The molecule has 0 fully saturated rings. The van der Waals surface area contributed by atoms with E-state index in [4.69, 9.17) is 9.84 Å². The molecule has 2 aromatic carbocycles. The number of aliphatic hydroxyl groups excluding tert-OH is 1. The highest BCUT2D eigenvalue weighted by molar-refractivity contribution is 6.06. The summed E-state index contributed by atoms with van der Waals surface area (Å²) in [4.78, 5) is 33.6. The topological polar surface area (TPSA) is 155 Å². The zero-order chi connectivity index (χ0) is 30.6. The average Bonchev–Trinajstić information content (AvgIpc) is 3.43. The van der Waals surface area contributed by atoms with Crippen LogP contribution in [0.1, 0.15) is 32.0 Å². The van der Waals surface area contributed by atoms with Crippen molar-refractivity contribution in [2.24, 2.45) is 0 Å². The number of aromatic nitrogens is 4. The lowest BCUT2D eigenvalue weighted by molar-refractivity contribution is 0.254. The van der Waals surface area contributed by atoms with Crippen molar-refractivity contribution in [3.05, 3.63) is 90.4 Å². The van der Waals surface area contributed by atoms with E-state index in [2.05, 4.69) is 31.2 Å². The number of urea groups is 2. The molecular formula is C31H32N8O4. The summed E-state index contributed by atoms with van der Waals surface area (Å²) < 4.78 is 7.76. The van der Waals surface area contributed by atoms with E-state index in [-0.39, 0.29) is 12.0 Å². The van der Waals surface area contributed by atoms with Gasteiger partial charge in [-0.05, 0) is 48.0 Å². The fourth-order valence-electron chi connectivity index (χ4n) is 4.23. The number of benzene rings is 2. The maximum absolute atomic E-state index is 13.3. The Bertz CT molecular complexity index is 1780. The van der Waals surface area contributed by atoms with E-state index >= 15 is 0 Å². The number of fused-ring (bicyclic) bond motifs is 1. The normalized spacial score (nSPS) is 11.2. The van der Waals surface area contributed by atoms with Crippen molar-refractivity contribution in [1.82, 2.24) is 25.1 Å². The fraction of sp³-hybridized carbons (Fsp3) is 0.194. The van der Waals surface area contributed by atoms with Gasteiger partial charge in [-0.3, -0.25) is 15.6 Å². The smallest absolute Gasteiger partial charge is 0.324 e. The molecule has 0 spiro atoms. The quantitative estimate of drug-likeness (QED) is 0.163. The highest BCUT2D eigenvalue weighted by Crippen LogP contribution is 2.34. The summed E-state index contributed by atoms with van der Waals surface area (Å²) >= 11 is 0. The van der Waals surface area contributed by atoms with Crippen molar-refractivity contribution in [3.63, 3.8) is 0 Å². The van der Waals surface area contributed by atoms with Crippen LogP contribution in [-0.4, -0.2) is 44.0 Å². The maximum Gasteiger partial charge on any atom is 0.324 e. The molecule has 12 heteroatoms. The Kier molecular flexibility index (Phi) is 8.21. The summed E-state index contributed by atoms with van der Waals surface area (Å²) in [6.45, 7) is 6.08. The zero-order valence-corrected chi connectivity index (χ0v) is 24.2. The van der Waals surface area contributed by atoms with Gasteiger partial charge in [0.2, 0.25) is 0 Å². The van der Waals surface area contributed by atoms with Gasteiger partial charge in [-0.1, -0.05) is 32.9 Å². The molecular weight excluding hydrogens is 548 g/mol. The number of nitrogens with one attached hydrogen (secondary N) is 4. The highest BCUT2D eigenvalue weighted by atomic mass is 16.5. The molecule has 0 aliphatic rings. The largest absolute Gasteiger partial charge is 0.455 e. The van der Waals surface area contributed by atoms with Crippen LogP contribution in [0.4, 0.5) is 26.9 Å². The van der Waals surface area contributed by atoms with Crippen LogP contribution in [0.2, 0.25) is 0 Å². The van der Waals surface area contributed by atoms with Crippen LogP contribution in [0, 0.1) is 0 Å². The molecule has 3 aromatic heterocycles. The van der Waals surface area contributed by atoms with Gasteiger partial charge in [-0.25, -0.2) is 19.3 Å². The van der Waals surface area contributed by atoms with Crippen LogP contribution in [0.25, 0.3) is 16.6 Å². The van der Waals surface area contributed by atoms with E-state index in [1.54, 1.807) is 41.2 Å². The lowest BCUT2D eigenvalue weighted by atomic mass is 9.92. The van der Waals surface area contributed by atoms with Crippen molar-refractivity contribution in [2.45, 2.75) is 32.8 Å². The van der Waals surface area contributed by atoms with Crippen LogP contribution in [0.3, 0.4) is 0 Å². The van der Waals surface area contributed by atoms with E-state index in [0.717, 1.165) is 16.9 Å². The van der Waals surface area contributed by atoms with Gasteiger partial charge in [-0.2, -0.15) is 5.10 Å². The molecule has 5 N–H and O–H groups in total. The Hall–Kier alpha value is -5.49. The Morgan fingerprint density at radius 1 is 0.907 bits per heavy atom. The van der Waals surface area contributed by atoms with Gasteiger partial charge in [0, 0.05) is 42.4 Å². The summed E-state index contributed by atoms with van der Waals surface area (Å²) in [7, 11) is 1.51. The lowest BCUT2D eigenvalue weighted by Gasteiger charge is -2.14. The summed E-state index contributed by atoms with van der Waals surface area (Å²) in [5, 5.41) is 25.8. The summed E-state index contributed by atoms with van der Waals surface area (Å²) in [5.74, 6) is 1.71. The molecule has 4 amide bonds. The monoisotopic (exact) mass is 580 g/mol. The maximum atomic E-state index is 13.3. The van der Waals surface area contributed by atoms with Crippen LogP contribution < -0.4 is 26.0 Å². The van der Waals surface area contributed by atoms with Crippen LogP contribution >= 0.6 is 0 Å². The number of nitrogens with zero attached hydrogens (tertiary/aromatic N) is 4. The molecule has 0 saturated heterocycles. The molecule has 5 aromatic rings. The minimum Gasteiger partial charge on any atom is -0.455 e. The van der Waals surface area contributed by atoms with E-state index in [0.29, 0.717) is 39.7 Å². The Balaban J connectivity index is 1.39. The number of aliphatic hydroxyl groups is 1. The number of amides is 4. The first-order valence-electron chi connectivity index (χ1n) is 13.5. The zero-order valence-electron chi connectivity index (χ0n) is 24.2. The molecule has 0 aliphatic carbocycles. The standard InChI is InChI=1S/C31H32N8O4/c1-31(2,3)25-17-27(39(38-25)20-9-7-19(18-40)8-10-20)37-30(42)35-23-11-12-24(28-22(23)6-5-14-34-28)43-21-13-15-33-26(16-21)36-29(41)32-4/h5-17,40H,18H2,1-4H3,(H2,35,37,42)(H2,32,33,36,41). The molecule has 0 radical (unpaired) electrons. The molecule has 220 valence electrons. The number of rotatable bonds is 7. The molecule has 0 saturated carbocycles. The summed E-state index contributed by atoms with van der Waals surface area (Å²) in [6.07, 6.45) is 3.16. The third-order valence-electron chi connectivity index (χ3n) is 6.49. The summed E-state index contributed by atoms with van der Waals surface area (Å²) in [6, 6.07) is 18.6. The Morgan fingerprint density at radius 3 is 2.42 bits per heavy atom. The molecule has 3 heterocycles. The van der Waals surface area contributed by atoms with E-state index < -0.39 is 12.1 Å². The first-order chi connectivity index (χ1) is 20.6. The molecule has 43 heavy (non-hydrogen) atoms. The van der Waals surface area contributed by atoms with Gasteiger partial charge in [0.1, 0.15) is 22.9 Å². The predicted octanol–water partition coefficient (Wildman–Crippen LogP) is 5.79. The van der Waals surface area contributed by atoms with Gasteiger partial charge in [-0.15, -0.1) is 0 Å². The molecule has 0 atom stereocenters.